The molecule has 1 aliphatic heterocycles. The first kappa shape index (κ1) is 18.2. The average Bonchev–Trinajstić information content (AvgIpc) is 3.05. The van der Waals surface area contributed by atoms with Crippen LogP contribution in [-0.2, 0) is 20.4 Å². The molecule has 1 aromatic carbocycles. The molecule has 0 aliphatic carbocycles. The van der Waals surface area contributed by atoms with E-state index in [4.69, 9.17) is 14.7 Å². The number of hydrogen-bond acceptors (Lipinski definition) is 4. The van der Waals surface area contributed by atoms with Crippen molar-refractivity contribution in [3.05, 3.63) is 29.3 Å². The van der Waals surface area contributed by atoms with Crippen molar-refractivity contribution in [3.8, 4) is 6.07 Å². The van der Waals surface area contributed by atoms with Crippen LogP contribution in [0.1, 0.15) is 30.9 Å². The lowest BCUT2D eigenvalue weighted by Crippen LogP contribution is -2.30. The summed E-state index contributed by atoms with van der Waals surface area (Å²) in [5, 5.41) is 11.1. The van der Waals surface area contributed by atoms with Gasteiger partial charge >= 0.3 is 6.18 Å². The molecule has 1 saturated heterocycles. The quantitative estimate of drug-likeness (QED) is 0.892. The largest absolute Gasteiger partial charge is 0.417 e. The Morgan fingerprint density at radius 3 is 2.88 bits per heavy atom. The number of nitriles is 1. The van der Waals surface area contributed by atoms with Crippen molar-refractivity contribution in [1.29, 1.82) is 5.26 Å². The predicted octanol–water partition coefficient (Wildman–Crippen LogP) is 3.10. The average molecular weight is 342 g/mol. The number of halogens is 3. The summed E-state index contributed by atoms with van der Waals surface area (Å²) in [6.45, 7) is 2.44. The van der Waals surface area contributed by atoms with Gasteiger partial charge in [0.15, 0.2) is 0 Å². The Hall–Kier alpha value is -2.11. The first-order chi connectivity index (χ1) is 11.3. The number of benzene rings is 1. The predicted molar refractivity (Wildman–Crippen MR) is 79.2 cm³/mol. The lowest BCUT2D eigenvalue weighted by molar-refractivity contribution is -0.137. The van der Waals surface area contributed by atoms with Crippen molar-refractivity contribution in [2.24, 2.45) is 0 Å². The van der Waals surface area contributed by atoms with Crippen molar-refractivity contribution in [2.75, 3.05) is 18.5 Å². The molecule has 24 heavy (non-hydrogen) atoms. The Morgan fingerprint density at radius 1 is 1.54 bits per heavy atom. The maximum Gasteiger partial charge on any atom is 0.417 e. The summed E-state index contributed by atoms with van der Waals surface area (Å²) in [4.78, 5) is 12.0. The number of anilines is 1. The van der Waals surface area contributed by atoms with E-state index >= 15 is 0 Å². The molecule has 0 radical (unpaired) electrons. The van der Waals surface area contributed by atoms with Crippen molar-refractivity contribution < 1.29 is 27.4 Å². The minimum atomic E-state index is -4.67. The fourth-order valence-electron chi connectivity index (χ4n) is 2.30. The minimum absolute atomic E-state index is 0.0427. The van der Waals surface area contributed by atoms with E-state index in [9.17, 15) is 18.0 Å². The number of nitrogens with one attached hydrogen (secondary N) is 1. The number of ether oxygens (including phenoxy) is 2. The minimum Gasteiger partial charge on any atom is -0.376 e. The van der Waals surface area contributed by atoms with E-state index in [2.05, 4.69) is 5.32 Å². The highest BCUT2D eigenvalue weighted by atomic mass is 19.4. The molecule has 130 valence electrons. The molecular formula is C16H17F3N2O3. The van der Waals surface area contributed by atoms with E-state index in [-0.39, 0.29) is 18.4 Å². The molecular weight excluding hydrogens is 325 g/mol. The summed E-state index contributed by atoms with van der Waals surface area (Å²) in [5.41, 5.74) is -1.63. The molecule has 5 nitrogen and oxygen atoms in total. The third-order valence-electron chi connectivity index (χ3n) is 3.64. The molecule has 1 amide bonds. The lowest BCUT2D eigenvalue weighted by atomic mass is 10.1. The molecule has 1 aromatic rings. The van der Waals surface area contributed by atoms with Gasteiger partial charge < -0.3 is 14.8 Å². The van der Waals surface area contributed by atoms with Gasteiger partial charge in [-0.25, -0.2) is 0 Å². The van der Waals surface area contributed by atoms with Crippen LogP contribution in [0.15, 0.2) is 18.2 Å². The third kappa shape index (κ3) is 4.69. The Bertz CT molecular complexity index is 634. The molecule has 2 atom stereocenters. The smallest absolute Gasteiger partial charge is 0.376 e. The van der Waals surface area contributed by atoms with E-state index in [1.54, 1.807) is 0 Å². The van der Waals surface area contributed by atoms with Gasteiger partial charge in [-0.1, -0.05) is 0 Å². The summed E-state index contributed by atoms with van der Waals surface area (Å²) in [6, 6.07) is 4.50. The van der Waals surface area contributed by atoms with Crippen LogP contribution in [0.5, 0.6) is 0 Å². The summed E-state index contributed by atoms with van der Waals surface area (Å²) < 4.78 is 49.5. The normalized spacial score (nSPS) is 18.9. The molecule has 1 heterocycles. The van der Waals surface area contributed by atoms with Gasteiger partial charge in [-0.15, -0.1) is 0 Å². The van der Waals surface area contributed by atoms with Crippen LogP contribution in [0.25, 0.3) is 0 Å². The second-order valence-corrected chi connectivity index (χ2v) is 5.47. The third-order valence-corrected chi connectivity index (χ3v) is 3.64. The van der Waals surface area contributed by atoms with E-state index in [0.717, 1.165) is 25.0 Å². The van der Waals surface area contributed by atoms with Crippen molar-refractivity contribution >= 4 is 11.6 Å². The molecule has 8 heteroatoms. The second-order valence-electron chi connectivity index (χ2n) is 5.47. The molecule has 2 rings (SSSR count). The van der Waals surface area contributed by atoms with Gasteiger partial charge in [-0.3, -0.25) is 4.79 Å². The molecule has 0 spiro atoms. The number of carbonyl (C=O) groups excluding carboxylic acids is 1. The molecule has 0 saturated carbocycles. The topological polar surface area (TPSA) is 71.3 Å². The fourth-order valence-corrected chi connectivity index (χ4v) is 2.30. The Labute approximate surface area is 137 Å². The number of nitrogens with zero attached hydrogens (tertiary/aromatic N) is 1. The zero-order chi connectivity index (χ0) is 17.7. The van der Waals surface area contributed by atoms with Gasteiger partial charge in [0, 0.05) is 12.3 Å². The molecule has 1 aliphatic rings. The zero-order valence-electron chi connectivity index (χ0n) is 13.0. The lowest BCUT2D eigenvalue weighted by Gasteiger charge is -2.17. The monoisotopic (exact) mass is 342 g/mol. The van der Waals surface area contributed by atoms with Gasteiger partial charge in [0.25, 0.3) is 5.91 Å². The number of carbonyl (C=O) groups is 1. The first-order valence-electron chi connectivity index (χ1n) is 7.46. The van der Waals surface area contributed by atoms with Gasteiger partial charge in [-0.05, 0) is 38.0 Å². The summed E-state index contributed by atoms with van der Waals surface area (Å²) in [6.07, 6.45) is -3.75. The standard InChI is InChI=1S/C16H17F3N2O3/c1-10(24-9-13-3-2-6-23-13)15(22)21-12-5-4-11(8-20)14(7-12)16(17,18)19/h4-5,7,10,13H,2-3,6,9H2,1H3,(H,21,22)/t10-,13+/m1/s1. The highest BCUT2D eigenvalue weighted by molar-refractivity contribution is 5.94. The fraction of sp³-hybridized carbons (Fsp3) is 0.500. The van der Waals surface area contributed by atoms with E-state index in [1.807, 2.05) is 0 Å². The van der Waals surface area contributed by atoms with Crippen LogP contribution in [0.2, 0.25) is 0 Å². The van der Waals surface area contributed by atoms with Crippen molar-refractivity contribution in [2.45, 2.75) is 38.1 Å². The van der Waals surface area contributed by atoms with Gasteiger partial charge in [-0.2, -0.15) is 18.4 Å². The number of amides is 1. The van der Waals surface area contributed by atoms with Crippen LogP contribution in [0, 0.1) is 11.3 Å². The van der Waals surface area contributed by atoms with Crippen LogP contribution in [-0.4, -0.2) is 31.3 Å². The maximum atomic E-state index is 12.9. The highest BCUT2D eigenvalue weighted by Gasteiger charge is 2.34. The molecule has 1 fully saturated rings. The van der Waals surface area contributed by atoms with Crippen LogP contribution in [0.4, 0.5) is 18.9 Å². The second kappa shape index (κ2) is 7.64. The molecule has 0 bridgehead atoms. The van der Waals surface area contributed by atoms with Crippen molar-refractivity contribution in [1.82, 2.24) is 0 Å². The Morgan fingerprint density at radius 2 is 2.29 bits per heavy atom. The van der Waals surface area contributed by atoms with Crippen molar-refractivity contribution in [3.63, 3.8) is 0 Å². The summed E-state index contributed by atoms with van der Waals surface area (Å²) in [7, 11) is 0. The van der Waals surface area contributed by atoms with E-state index < -0.39 is 29.3 Å². The highest BCUT2D eigenvalue weighted by Crippen LogP contribution is 2.33. The van der Waals surface area contributed by atoms with E-state index in [1.165, 1.54) is 19.1 Å². The van der Waals surface area contributed by atoms with Gasteiger partial charge in [0.1, 0.15) is 6.10 Å². The van der Waals surface area contributed by atoms with Crippen LogP contribution >= 0.6 is 0 Å². The maximum absolute atomic E-state index is 12.9. The summed E-state index contributed by atoms with van der Waals surface area (Å²) >= 11 is 0. The molecule has 1 N–H and O–H groups in total. The Kier molecular flexibility index (Phi) is 5.80. The van der Waals surface area contributed by atoms with Crippen LogP contribution in [0.3, 0.4) is 0 Å². The van der Waals surface area contributed by atoms with Gasteiger partial charge in [0.2, 0.25) is 0 Å². The van der Waals surface area contributed by atoms with Crippen LogP contribution < -0.4 is 5.32 Å². The molecule has 0 unspecified atom stereocenters. The molecule has 0 aromatic heterocycles. The Balaban J connectivity index is 1.99. The zero-order valence-corrected chi connectivity index (χ0v) is 13.0. The number of rotatable bonds is 5. The number of hydrogen-bond donors (Lipinski definition) is 1. The first-order valence-corrected chi connectivity index (χ1v) is 7.46. The SMILES string of the molecule is C[C@@H](OC[C@@H]1CCCO1)C(=O)Nc1ccc(C#N)c(C(F)(F)F)c1. The number of alkyl halides is 3. The summed E-state index contributed by atoms with van der Waals surface area (Å²) in [5.74, 6) is -0.564. The van der Waals surface area contributed by atoms with Gasteiger partial charge in [0.05, 0.1) is 29.9 Å². The van der Waals surface area contributed by atoms with E-state index in [0.29, 0.717) is 6.61 Å².